The Kier molecular flexibility index (Phi) is 5.81. The SMILES string of the molecule is O=C(CCNC(=O)c1cccs1)NNC(=O)c1ccc(F)cc1. The van der Waals surface area contributed by atoms with E-state index in [-0.39, 0.29) is 24.4 Å². The highest BCUT2D eigenvalue weighted by molar-refractivity contribution is 7.12. The average Bonchev–Trinajstić information content (AvgIpc) is 3.07. The fraction of sp³-hybridized carbons (Fsp3) is 0.133. The number of hydrogen-bond donors (Lipinski definition) is 3. The zero-order valence-corrected chi connectivity index (χ0v) is 12.8. The quantitative estimate of drug-likeness (QED) is 0.723. The van der Waals surface area contributed by atoms with E-state index in [0.717, 1.165) is 12.1 Å². The molecule has 2 aromatic rings. The highest BCUT2D eigenvalue weighted by Gasteiger charge is 2.09. The average molecular weight is 335 g/mol. The molecule has 0 saturated heterocycles. The zero-order chi connectivity index (χ0) is 16.7. The number of carbonyl (C=O) groups excluding carboxylic acids is 3. The minimum Gasteiger partial charge on any atom is -0.351 e. The molecule has 0 saturated carbocycles. The van der Waals surface area contributed by atoms with Crippen LogP contribution in [-0.4, -0.2) is 24.3 Å². The second-order valence-electron chi connectivity index (χ2n) is 4.49. The number of nitrogens with one attached hydrogen (secondary N) is 3. The van der Waals surface area contributed by atoms with Gasteiger partial charge in [0.25, 0.3) is 11.8 Å². The summed E-state index contributed by atoms with van der Waals surface area (Å²) in [6.45, 7) is 0.148. The lowest BCUT2D eigenvalue weighted by molar-refractivity contribution is -0.121. The molecule has 0 unspecified atom stereocenters. The molecule has 0 radical (unpaired) electrons. The molecule has 8 heteroatoms. The molecule has 0 aliphatic heterocycles. The minimum absolute atomic E-state index is 0.0147. The van der Waals surface area contributed by atoms with Gasteiger partial charge in [0.2, 0.25) is 5.91 Å². The molecule has 1 heterocycles. The number of carbonyl (C=O) groups is 3. The van der Waals surface area contributed by atoms with Crippen LogP contribution in [0.5, 0.6) is 0 Å². The van der Waals surface area contributed by atoms with E-state index >= 15 is 0 Å². The Hall–Kier alpha value is -2.74. The molecule has 0 bridgehead atoms. The van der Waals surface area contributed by atoms with E-state index in [0.29, 0.717) is 4.88 Å². The molecule has 0 atom stereocenters. The van der Waals surface area contributed by atoms with E-state index in [1.54, 1.807) is 17.5 Å². The van der Waals surface area contributed by atoms with Crippen molar-refractivity contribution in [3.05, 3.63) is 58.0 Å². The van der Waals surface area contributed by atoms with Gasteiger partial charge in [-0.05, 0) is 35.7 Å². The topological polar surface area (TPSA) is 87.3 Å². The van der Waals surface area contributed by atoms with Crippen molar-refractivity contribution in [2.75, 3.05) is 6.54 Å². The fourth-order valence-electron chi connectivity index (χ4n) is 1.65. The largest absolute Gasteiger partial charge is 0.351 e. The van der Waals surface area contributed by atoms with Gasteiger partial charge in [0.15, 0.2) is 0 Å². The number of hydrogen-bond acceptors (Lipinski definition) is 4. The maximum Gasteiger partial charge on any atom is 0.269 e. The van der Waals surface area contributed by atoms with E-state index < -0.39 is 17.6 Å². The maximum absolute atomic E-state index is 12.7. The second-order valence-corrected chi connectivity index (χ2v) is 5.44. The Labute approximate surface area is 135 Å². The van der Waals surface area contributed by atoms with Crippen molar-refractivity contribution in [2.45, 2.75) is 6.42 Å². The third kappa shape index (κ3) is 5.19. The van der Waals surface area contributed by atoms with Crippen LogP contribution < -0.4 is 16.2 Å². The van der Waals surface area contributed by atoms with Crippen LogP contribution in [0.1, 0.15) is 26.5 Å². The second kappa shape index (κ2) is 8.04. The fourth-order valence-corrected chi connectivity index (χ4v) is 2.29. The molecule has 2 rings (SSSR count). The predicted octanol–water partition coefficient (Wildman–Crippen LogP) is 1.47. The zero-order valence-electron chi connectivity index (χ0n) is 12.0. The van der Waals surface area contributed by atoms with Crippen molar-refractivity contribution >= 4 is 29.1 Å². The lowest BCUT2D eigenvalue weighted by Crippen LogP contribution is -2.42. The highest BCUT2D eigenvalue weighted by Crippen LogP contribution is 2.07. The summed E-state index contributed by atoms with van der Waals surface area (Å²) in [6, 6.07) is 8.35. The molecule has 0 aliphatic rings. The van der Waals surface area contributed by atoms with Crippen LogP contribution in [0, 0.1) is 5.82 Å². The summed E-state index contributed by atoms with van der Waals surface area (Å²) in [5.74, 6) is -1.71. The highest BCUT2D eigenvalue weighted by atomic mass is 32.1. The van der Waals surface area contributed by atoms with Gasteiger partial charge in [-0.25, -0.2) is 4.39 Å². The summed E-state index contributed by atoms with van der Waals surface area (Å²) < 4.78 is 12.7. The number of hydrazine groups is 1. The lowest BCUT2D eigenvalue weighted by atomic mass is 10.2. The van der Waals surface area contributed by atoms with Gasteiger partial charge in [0, 0.05) is 18.5 Å². The van der Waals surface area contributed by atoms with Crippen LogP contribution in [0.15, 0.2) is 41.8 Å². The van der Waals surface area contributed by atoms with Gasteiger partial charge in [-0.15, -0.1) is 11.3 Å². The first kappa shape index (κ1) is 16.6. The van der Waals surface area contributed by atoms with Gasteiger partial charge in [-0.3, -0.25) is 25.2 Å². The summed E-state index contributed by atoms with van der Waals surface area (Å²) in [7, 11) is 0. The normalized spacial score (nSPS) is 9.96. The molecular formula is C15H14FN3O3S. The van der Waals surface area contributed by atoms with Gasteiger partial charge in [-0.1, -0.05) is 6.07 Å². The Balaban J connectivity index is 1.68. The molecule has 120 valence electrons. The summed E-state index contributed by atoms with van der Waals surface area (Å²) in [5, 5.41) is 4.38. The smallest absolute Gasteiger partial charge is 0.269 e. The molecule has 3 N–H and O–H groups in total. The van der Waals surface area contributed by atoms with E-state index in [4.69, 9.17) is 0 Å². The molecule has 0 aliphatic carbocycles. The molecule has 0 fully saturated rings. The van der Waals surface area contributed by atoms with Crippen LogP contribution >= 0.6 is 11.3 Å². The van der Waals surface area contributed by atoms with Crippen molar-refractivity contribution in [1.82, 2.24) is 16.2 Å². The summed E-state index contributed by atoms with van der Waals surface area (Å²) in [6.07, 6.45) is 0.0147. The van der Waals surface area contributed by atoms with Crippen molar-refractivity contribution < 1.29 is 18.8 Å². The van der Waals surface area contributed by atoms with Crippen LogP contribution in [0.2, 0.25) is 0 Å². The third-order valence-electron chi connectivity index (χ3n) is 2.80. The summed E-state index contributed by atoms with van der Waals surface area (Å²) in [5.41, 5.74) is 4.66. The Morgan fingerprint density at radius 2 is 1.74 bits per heavy atom. The van der Waals surface area contributed by atoms with E-state index in [1.807, 2.05) is 0 Å². The Bertz CT molecular complexity index is 687. The molecule has 1 aromatic carbocycles. The Morgan fingerprint density at radius 3 is 2.39 bits per heavy atom. The maximum atomic E-state index is 12.7. The minimum atomic E-state index is -0.555. The number of benzene rings is 1. The van der Waals surface area contributed by atoms with Crippen LogP contribution in [0.4, 0.5) is 4.39 Å². The standard InChI is InChI=1S/C15H14FN3O3S/c16-11-5-3-10(4-6-11)14(21)19-18-13(20)7-8-17-15(22)12-2-1-9-23-12/h1-6,9H,7-8H2,(H,17,22)(H,18,20)(H,19,21). The number of thiophene rings is 1. The Morgan fingerprint density at radius 1 is 1.00 bits per heavy atom. The monoisotopic (exact) mass is 335 g/mol. The number of rotatable bonds is 5. The van der Waals surface area contributed by atoms with Gasteiger partial charge < -0.3 is 5.32 Å². The first-order valence-electron chi connectivity index (χ1n) is 6.72. The molecule has 1 aromatic heterocycles. The molecule has 23 heavy (non-hydrogen) atoms. The number of amides is 3. The van der Waals surface area contributed by atoms with E-state index in [9.17, 15) is 18.8 Å². The molecule has 3 amide bonds. The van der Waals surface area contributed by atoms with Crippen molar-refractivity contribution in [2.24, 2.45) is 0 Å². The van der Waals surface area contributed by atoms with Crippen LogP contribution in [0.3, 0.4) is 0 Å². The molecule has 6 nitrogen and oxygen atoms in total. The van der Waals surface area contributed by atoms with Gasteiger partial charge in [-0.2, -0.15) is 0 Å². The van der Waals surface area contributed by atoms with Crippen LogP contribution in [-0.2, 0) is 4.79 Å². The van der Waals surface area contributed by atoms with Crippen molar-refractivity contribution in [3.63, 3.8) is 0 Å². The van der Waals surface area contributed by atoms with Gasteiger partial charge >= 0.3 is 0 Å². The number of halogens is 1. The first-order chi connectivity index (χ1) is 11.1. The van der Waals surface area contributed by atoms with E-state index in [1.165, 1.54) is 23.5 Å². The lowest BCUT2D eigenvalue weighted by Gasteiger charge is -2.08. The van der Waals surface area contributed by atoms with E-state index in [2.05, 4.69) is 16.2 Å². The van der Waals surface area contributed by atoms with Crippen molar-refractivity contribution in [1.29, 1.82) is 0 Å². The predicted molar refractivity (Wildman–Crippen MR) is 83.3 cm³/mol. The first-order valence-corrected chi connectivity index (χ1v) is 7.60. The summed E-state index contributed by atoms with van der Waals surface area (Å²) in [4.78, 5) is 35.4. The molecular weight excluding hydrogens is 321 g/mol. The molecule has 0 spiro atoms. The van der Waals surface area contributed by atoms with Crippen LogP contribution in [0.25, 0.3) is 0 Å². The third-order valence-corrected chi connectivity index (χ3v) is 3.67. The van der Waals surface area contributed by atoms with Crippen molar-refractivity contribution in [3.8, 4) is 0 Å². The summed E-state index contributed by atoms with van der Waals surface area (Å²) >= 11 is 1.31. The van der Waals surface area contributed by atoms with Gasteiger partial charge in [0.05, 0.1) is 4.88 Å². The van der Waals surface area contributed by atoms with Gasteiger partial charge in [0.1, 0.15) is 5.82 Å².